The number of anilines is 1. The average molecular weight is 473 g/mol. The number of nitrogens with zero attached hydrogens (tertiary/aromatic N) is 3. The molecule has 1 N–H and O–H groups in total. The van der Waals surface area contributed by atoms with Crippen LogP contribution in [0.2, 0.25) is 5.02 Å². The summed E-state index contributed by atoms with van der Waals surface area (Å²) in [5.74, 6) is 0.884. The van der Waals surface area contributed by atoms with E-state index in [2.05, 4.69) is 22.1 Å². The molecule has 0 radical (unpaired) electrons. The number of amides is 1. The first-order chi connectivity index (χ1) is 15.5. The number of rotatable bonds is 8. The molecule has 164 valence electrons. The topological polar surface area (TPSA) is 82.2 Å². The van der Waals surface area contributed by atoms with Crippen LogP contribution in [0.4, 0.5) is 10.1 Å². The Kier molecular flexibility index (Phi) is 6.48. The minimum atomic E-state index is -0.549. The zero-order valence-electron chi connectivity index (χ0n) is 17.0. The second-order valence-corrected chi connectivity index (χ2v) is 8.01. The van der Waals surface area contributed by atoms with Gasteiger partial charge in [-0.3, -0.25) is 9.36 Å². The average Bonchev–Trinajstić information content (AvgIpc) is 3.39. The van der Waals surface area contributed by atoms with Gasteiger partial charge in [0, 0.05) is 17.6 Å². The number of halogens is 2. The number of aromatic nitrogens is 3. The van der Waals surface area contributed by atoms with Crippen molar-refractivity contribution in [2.24, 2.45) is 0 Å². The predicted molar refractivity (Wildman–Crippen MR) is 123 cm³/mol. The van der Waals surface area contributed by atoms with Crippen molar-refractivity contribution >= 4 is 45.9 Å². The molecule has 0 fully saturated rings. The van der Waals surface area contributed by atoms with Crippen LogP contribution in [0.15, 0.2) is 64.7 Å². The van der Waals surface area contributed by atoms with Crippen molar-refractivity contribution in [2.75, 3.05) is 18.2 Å². The minimum Gasteiger partial charge on any atom is -0.493 e. The molecular formula is C22H18ClFN4O3S. The fraction of sp³-hybridized carbons (Fsp3) is 0.136. The van der Waals surface area contributed by atoms with Crippen LogP contribution in [0.3, 0.4) is 0 Å². The number of methoxy groups -OCH3 is 1. The summed E-state index contributed by atoms with van der Waals surface area (Å²) in [4.78, 5) is 12.3. The van der Waals surface area contributed by atoms with E-state index in [1.165, 1.54) is 30.0 Å². The monoisotopic (exact) mass is 472 g/mol. The van der Waals surface area contributed by atoms with Gasteiger partial charge in [-0.15, -0.1) is 16.8 Å². The maximum atomic E-state index is 13.3. The van der Waals surface area contributed by atoms with E-state index in [1.807, 2.05) is 28.8 Å². The summed E-state index contributed by atoms with van der Waals surface area (Å²) < 4.78 is 26.4. The number of ether oxygens (including phenoxy) is 1. The highest BCUT2D eigenvalue weighted by molar-refractivity contribution is 7.99. The Morgan fingerprint density at radius 2 is 2.19 bits per heavy atom. The largest absolute Gasteiger partial charge is 0.493 e. The van der Waals surface area contributed by atoms with Gasteiger partial charge in [0.1, 0.15) is 5.82 Å². The normalized spacial score (nSPS) is 11.0. The molecule has 2 aromatic heterocycles. The van der Waals surface area contributed by atoms with E-state index in [0.717, 1.165) is 5.39 Å². The van der Waals surface area contributed by atoms with Gasteiger partial charge in [0.25, 0.3) is 0 Å². The number of hydrogen-bond donors (Lipinski definition) is 1. The quantitative estimate of drug-likeness (QED) is 0.273. The highest BCUT2D eigenvalue weighted by atomic mass is 35.5. The van der Waals surface area contributed by atoms with Gasteiger partial charge in [-0.1, -0.05) is 41.6 Å². The maximum Gasteiger partial charge on any atom is 0.234 e. The summed E-state index contributed by atoms with van der Waals surface area (Å²) in [6.07, 6.45) is 1.71. The highest BCUT2D eigenvalue weighted by Gasteiger charge is 2.19. The molecule has 0 saturated heterocycles. The summed E-state index contributed by atoms with van der Waals surface area (Å²) >= 11 is 6.96. The van der Waals surface area contributed by atoms with Gasteiger partial charge in [0.2, 0.25) is 11.7 Å². The van der Waals surface area contributed by atoms with Gasteiger partial charge in [-0.25, -0.2) is 4.39 Å². The zero-order chi connectivity index (χ0) is 22.7. The predicted octanol–water partition coefficient (Wildman–Crippen LogP) is 5.41. The molecule has 0 spiro atoms. The molecule has 2 aromatic carbocycles. The lowest BCUT2D eigenvalue weighted by Crippen LogP contribution is -2.14. The van der Waals surface area contributed by atoms with E-state index < -0.39 is 5.82 Å². The number of allylic oxidation sites excluding steroid dienone is 1. The van der Waals surface area contributed by atoms with Crippen LogP contribution in [0.1, 0.15) is 0 Å². The number of furan rings is 1. The third kappa shape index (κ3) is 4.49. The first-order valence-electron chi connectivity index (χ1n) is 9.49. The standard InChI is InChI=1S/C22H18ClFN4O3S/c1-3-9-28-21(18-10-13-5-4-6-17(30-2)20(13)31-18)26-27-22(28)32-12-19(29)25-14-7-8-16(24)15(23)11-14/h3-8,10-11H,1,9,12H2,2H3,(H,25,29). The van der Waals surface area contributed by atoms with Gasteiger partial charge in [-0.05, 0) is 30.3 Å². The summed E-state index contributed by atoms with van der Waals surface area (Å²) in [7, 11) is 1.58. The maximum absolute atomic E-state index is 13.3. The van der Waals surface area contributed by atoms with E-state index in [0.29, 0.717) is 40.3 Å². The van der Waals surface area contributed by atoms with Gasteiger partial charge < -0.3 is 14.5 Å². The van der Waals surface area contributed by atoms with Crippen LogP contribution in [0.25, 0.3) is 22.6 Å². The molecule has 0 saturated carbocycles. The second kappa shape index (κ2) is 9.46. The van der Waals surface area contributed by atoms with Crippen LogP contribution in [0.5, 0.6) is 5.75 Å². The van der Waals surface area contributed by atoms with Crippen LogP contribution in [-0.4, -0.2) is 33.5 Å². The smallest absolute Gasteiger partial charge is 0.234 e. The Balaban J connectivity index is 1.53. The van der Waals surface area contributed by atoms with Gasteiger partial charge in [0.05, 0.1) is 17.9 Å². The molecular weight excluding hydrogens is 455 g/mol. The van der Waals surface area contributed by atoms with Crippen LogP contribution >= 0.6 is 23.4 Å². The lowest BCUT2D eigenvalue weighted by Gasteiger charge is -2.07. The molecule has 4 rings (SSSR count). The van der Waals surface area contributed by atoms with Crippen molar-refractivity contribution in [3.8, 4) is 17.3 Å². The Bertz CT molecular complexity index is 1300. The number of nitrogens with one attached hydrogen (secondary N) is 1. The molecule has 0 unspecified atom stereocenters. The van der Waals surface area contributed by atoms with Crippen molar-refractivity contribution in [1.82, 2.24) is 14.8 Å². The van der Waals surface area contributed by atoms with Crippen LogP contribution in [-0.2, 0) is 11.3 Å². The number of hydrogen-bond acceptors (Lipinski definition) is 6. The van der Waals surface area contributed by atoms with Crippen molar-refractivity contribution in [2.45, 2.75) is 11.7 Å². The Hall–Kier alpha value is -3.30. The number of fused-ring (bicyclic) bond motifs is 1. The van der Waals surface area contributed by atoms with E-state index >= 15 is 0 Å². The molecule has 7 nitrogen and oxygen atoms in total. The second-order valence-electron chi connectivity index (χ2n) is 6.66. The summed E-state index contributed by atoms with van der Waals surface area (Å²) in [6.45, 7) is 4.21. The molecule has 4 aromatic rings. The molecule has 1 amide bonds. The number of carbonyl (C=O) groups excluding carboxylic acids is 1. The summed E-state index contributed by atoms with van der Waals surface area (Å²) in [5.41, 5.74) is 1.02. The van der Waals surface area contributed by atoms with Crippen molar-refractivity contribution in [1.29, 1.82) is 0 Å². The van der Waals surface area contributed by atoms with Crippen molar-refractivity contribution in [3.05, 3.63) is 66.0 Å². The van der Waals surface area contributed by atoms with Crippen molar-refractivity contribution in [3.63, 3.8) is 0 Å². The molecule has 32 heavy (non-hydrogen) atoms. The molecule has 2 heterocycles. The van der Waals surface area contributed by atoms with E-state index in [4.69, 9.17) is 20.8 Å². The van der Waals surface area contributed by atoms with Gasteiger partial charge in [-0.2, -0.15) is 0 Å². The first kappa shape index (κ1) is 21.9. The number of benzene rings is 2. The van der Waals surface area contributed by atoms with Crippen molar-refractivity contribution < 1.29 is 18.3 Å². The number of para-hydroxylation sites is 1. The van der Waals surface area contributed by atoms with Gasteiger partial charge >= 0.3 is 0 Å². The SMILES string of the molecule is C=CCn1c(SCC(=O)Nc2ccc(F)c(Cl)c2)nnc1-c1cc2cccc(OC)c2o1. The third-order valence-electron chi connectivity index (χ3n) is 4.51. The fourth-order valence-corrected chi connectivity index (χ4v) is 4.01. The molecule has 0 atom stereocenters. The van der Waals surface area contributed by atoms with Gasteiger partial charge in [0.15, 0.2) is 22.2 Å². The lowest BCUT2D eigenvalue weighted by molar-refractivity contribution is -0.113. The molecule has 0 bridgehead atoms. The molecule has 0 aliphatic carbocycles. The number of carbonyl (C=O) groups is 1. The molecule has 0 aliphatic heterocycles. The van der Waals surface area contributed by atoms with E-state index in [9.17, 15) is 9.18 Å². The Morgan fingerprint density at radius 1 is 1.34 bits per heavy atom. The molecule has 0 aliphatic rings. The van der Waals surface area contributed by atoms with Crippen LogP contribution < -0.4 is 10.1 Å². The Labute approximate surface area is 192 Å². The first-order valence-corrected chi connectivity index (χ1v) is 10.8. The number of thioether (sulfide) groups is 1. The lowest BCUT2D eigenvalue weighted by atomic mass is 10.2. The Morgan fingerprint density at radius 3 is 2.94 bits per heavy atom. The summed E-state index contributed by atoms with van der Waals surface area (Å²) in [5, 5.41) is 12.5. The zero-order valence-corrected chi connectivity index (χ0v) is 18.5. The van der Waals surface area contributed by atoms with E-state index in [-0.39, 0.29) is 16.7 Å². The highest BCUT2D eigenvalue weighted by Crippen LogP contribution is 2.34. The molecule has 10 heteroatoms. The van der Waals surface area contributed by atoms with Crippen LogP contribution in [0, 0.1) is 5.82 Å². The third-order valence-corrected chi connectivity index (χ3v) is 5.77. The summed E-state index contributed by atoms with van der Waals surface area (Å²) in [6, 6.07) is 11.5. The minimum absolute atomic E-state index is 0.0618. The fourth-order valence-electron chi connectivity index (χ4n) is 3.08. The van der Waals surface area contributed by atoms with E-state index in [1.54, 1.807) is 13.2 Å².